The van der Waals surface area contributed by atoms with Gasteiger partial charge in [0.25, 0.3) is 0 Å². The molecule has 0 N–H and O–H groups in total. The summed E-state index contributed by atoms with van der Waals surface area (Å²) in [5, 5.41) is 7.30. The first-order valence-electron chi connectivity index (χ1n) is 21.7. The third kappa shape index (κ3) is 5.22. The fraction of sp³-hybridized carbons (Fsp3) is 0.0508. The molecule has 0 saturated heterocycles. The van der Waals surface area contributed by atoms with Gasteiger partial charge in [-0.2, -0.15) is 0 Å². The van der Waals surface area contributed by atoms with Crippen molar-refractivity contribution < 1.29 is 0 Å². The molecule has 0 radical (unpaired) electrons. The van der Waals surface area contributed by atoms with E-state index in [-0.39, 0.29) is 5.41 Å². The van der Waals surface area contributed by atoms with Gasteiger partial charge in [0.05, 0.1) is 27.8 Å². The number of rotatable bonds is 5. The van der Waals surface area contributed by atoms with Crippen LogP contribution in [0, 0.1) is 0 Å². The van der Waals surface area contributed by atoms with Crippen molar-refractivity contribution in [1.29, 1.82) is 0 Å². The van der Waals surface area contributed by atoms with E-state index < -0.39 is 0 Å². The molecule has 0 aliphatic heterocycles. The maximum atomic E-state index is 5.59. The minimum Gasteiger partial charge on any atom is -0.309 e. The van der Waals surface area contributed by atoms with Gasteiger partial charge in [0.15, 0.2) is 0 Å². The molecule has 0 bridgehead atoms. The zero-order valence-electron chi connectivity index (χ0n) is 34.9. The third-order valence-electron chi connectivity index (χ3n) is 13.5. The molecule has 296 valence electrons. The van der Waals surface area contributed by atoms with Crippen molar-refractivity contribution >= 4 is 54.4 Å². The quantitative estimate of drug-likeness (QED) is 0.174. The summed E-state index contributed by atoms with van der Waals surface area (Å²) in [7, 11) is 0. The summed E-state index contributed by atoms with van der Waals surface area (Å²) in [6, 6.07) is 72.4. The van der Waals surface area contributed by atoms with Crippen molar-refractivity contribution in [3.63, 3.8) is 0 Å². The van der Waals surface area contributed by atoms with E-state index in [0.717, 1.165) is 44.3 Å². The molecule has 0 unspecified atom stereocenters. The van der Waals surface area contributed by atoms with Crippen molar-refractivity contribution in [1.82, 2.24) is 19.1 Å². The Kier molecular flexibility index (Phi) is 7.62. The number of hydrogen-bond acceptors (Lipinski definition) is 2. The lowest BCUT2D eigenvalue weighted by Crippen LogP contribution is -2.25. The molecule has 0 spiro atoms. The average molecular weight is 805 g/mol. The minimum atomic E-state index is -0.272. The van der Waals surface area contributed by atoms with E-state index in [1.165, 1.54) is 71.5 Å². The Morgan fingerprint density at radius 1 is 0.413 bits per heavy atom. The van der Waals surface area contributed by atoms with E-state index in [9.17, 15) is 0 Å². The highest BCUT2D eigenvalue weighted by Crippen LogP contribution is 2.52. The summed E-state index contributed by atoms with van der Waals surface area (Å²) in [6.07, 6.45) is 2.23. The van der Waals surface area contributed by atoms with Crippen molar-refractivity contribution in [2.45, 2.75) is 19.3 Å². The van der Waals surface area contributed by atoms with Crippen LogP contribution in [0.25, 0.3) is 111 Å². The Bertz CT molecular complexity index is 3800. The second kappa shape index (κ2) is 13.5. The fourth-order valence-corrected chi connectivity index (χ4v) is 10.7. The lowest BCUT2D eigenvalue weighted by molar-refractivity contribution is 0.650. The van der Waals surface area contributed by atoms with Crippen molar-refractivity contribution in [3.05, 3.63) is 218 Å². The number of benzene rings is 9. The van der Waals surface area contributed by atoms with Crippen molar-refractivity contribution in [2.75, 3.05) is 0 Å². The van der Waals surface area contributed by atoms with Crippen LogP contribution in [0.2, 0.25) is 0 Å². The van der Waals surface area contributed by atoms with Crippen LogP contribution in [0.5, 0.6) is 0 Å². The maximum Gasteiger partial charge on any atom is 0.235 e. The SMILES string of the molecule is CC1(C)c2c(cc(-c3ccccc3)c3ccccc23)-c2nc(-n3cc(-c4ccc(-c5cccc6c5c5ccccc5n6-c5ccccc5)cc4)c4ccccc43)nc3cccc1c23. The maximum absolute atomic E-state index is 5.59. The van der Waals surface area contributed by atoms with E-state index in [2.05, 4.69) is 229 Å². The largest absolute Gasteiger partial charge is 0.309 e. The van der Waals surface area contributed by atoms with Gasteiger partial charge in [-0.05, 0) is 92.2 Å². The molecule has 12 aromatic rings. The molecular weight excluding hydrogens is 765 g/mol. The Hall–Kier alpha value is -8.08. The van der Waals surface area contributed by atoms with Gasteiger partial charge in [-0.15, -0.1) is 0 Å². The van der Waals surface area contributed by atoms with Gasteiger partial charge < -0.3 is 4.57 Å². The molecule has 1 aliphatic rings. The molecule has 63 heavy (non-hydrogen) atoms. The minimum absolute atomic E-state index is 0.272. The van der Waals surface area contributed by atoms with Crippen LogP contribution in [-0.4, -0.2) is 19.1 Å². The molecule has 1 aliphatic carbocycles. The number of nitrogens with zero attached hydrogens (tertiary/aromatic N) is 4. The average Bonchev–Trinajstić information content (AvgIpc) is 3.90. The smallest absolute Gasteiger partial charge is 0.235 e. The summed E-state index contributed by atoms with van der Waals surface area (Å²) < 4.78 is 4.57. The zero-order chi connectivity index (χ0) is 41.8. The molecule has 4 heteroatoms. The first-order chi connectivity index (χ1) is 31.0. The van der Waals surface area contributed by atoms with Crippen LogP contribution in [-0.2, 0) is 5.41 Å². The number of para-hydroxylation sites is 3. The number of hydrogen-bond donors (Lipinski definition) is 0. The second-order valence-electron chi connectivity index (χ2n) is 17.4. The highest BCUT2D eigenvalue weighted by Gasteiger charge is 2.37. The first kappa shape index (κ1) is 35.7. The predicted molar refractivity (Wildman–Crippen MR) is 262 cm³/mol. The van der Waals surface area contributed by atoms with Crippen LogP contribution in [0.15, 0.2) is 206 Å². The first-order valence-corrected chi connectivity index (χ1v) is 21.7. The normalized spacial score (nSPS) is 13.0. The molecule has 4 nitrogen and oxygen atoms in total. The molecule has 9 aromatic carbocycles. The van der Waals surface area contributed by atoms with E-state index in [1.54, 1.807) is 0 Å². The molecule has 3 aromatic heterocycles. The van der Waals surface area contributed by atoms with Crippen molar-refractivity contribution in [3.8, 4) is 56.3 Å². The Morgan fingerprint density at radius 2 is 1.02 bits per heavy atom. The van der Waals surface area contributed by atoms with Crippen LogP contribution < -0.4 is 0 Å². The summed E-state index contributed by atoms with van der Waals surface area (Å²) in [6.45, 7) is 4.71. The Labute approximate surface area is 365 Å². The van der Waals surface area contributed by atoms with Crippen LogP contribution in [0.4, 0.5) is 0 Å². The van der Waals surface area contributed by atoms with Gasteiger partial charge in [-0.1, -0.05) is 172 Å². The second-order valence-corrected chi connectivity index (χ2v) is 17.4. The topological polar surface area (TPSA) is 35.6 Å². The Morgan fingerprint density at radius 3 is 1.79 bits per heavy atom. The van der Waals surface area contributed by atoms with Crippen LogP contribution >= 0.6 is 0 Å². The number of aromatic nitrogens is 4. The Balaban J connectivity index is 0.977. The summed E-state index contributed by atoms with van der Waals surface area (Å²) in [4.78, 5) is 11.0. The van der Waals surface area contributed by atoms with Crippen molar-refractivity contribution in [2.24, 2.45) is 0 Å². The highest BCUT2D eigenvalue weighted by molar-refractivity contribution is 6.16. The monoisotopic (exact) mass is 804 g/mol. The van der Waals surface area contributed by atoms with E-state index in [4.69, 9.17) is 9.97 Å². The van der Waals surface area contributed by atoms with Gasteiger partial charge >= 0.3 is 0 Å². The summed E-state index contributed by atoms with van der Waals surface area (Å²) >= 11 is 0. The van der Waals surface area contributed by atoms with Crippen LogP contribution in [0.1, 0.15) is 25.0 Å². The van der Waals surface area contributed by atoms with E-state index >= 15 is 0 Å². The molecular formula is C59H40N4. The molecule has 3 heterocycles. The number of fused-ring (bicyclic) bond motifs is 8. The standard InChI is InChI=1S/C59H40N4/c1-59(2)49-26-16-27-50-55(49)57(47-35-46(37-17-5-3-6-18-37)42-21-9-10-23-44(42)56(47)59)61-58(60-50)62-36-48(43-22-11-13-28-51(43)62)39-33-31-38(32-34-39)41-25-15-30-53-54(41)45-24-12-14-29-52(45)63(53)40-19-7-4-8-20-40/h3-36H,1-2H3. The zero-order valence-corrected chi connectivity index (χ0v) is 34.9. The van der Waals surface area contributed by atoms with E-state index in [1.807, 2.05) is 0 Å². The van der Waals surface area contributed by atoms with Gasteiger partial charge in [0.2, 0.25) is 5.95 Å². The van der Waals surface area contributed by atoms with E-state index in [0.29, 0.717) is 5.95 Å². The fourth-order valence-electron chi connectivity index (χ4n) is 10.7. The van der Waals surface area contributed by atoms with Gasteiger partial charge in [-0.3, -0.25) is 4.57 Å². The molecule has 0 amide bonds. The summed E-state index contributed by atoms with van der Waals surface area (Å²) in [5.74, 6) is 0.662. The highest BCUT2D eigenvalue weighted by atomic mass is 15.2. The predicted octanol–water partition coefficient (Wildman–Crippen LogP) is 15.1. The lowest BCUT2D eigenvalue weighted by atomic mass is 9.68. The van der Waals surface area contributed by atoms with Gasteiger partial charge in [0, 0.05) is 50.0 Å². The molecule has 13 rings (SSSR count). The summed E-state index contributed by atoms with van der Waals surface area (Å²) in [5.41, 5.74) is 17.1. The molecule has 0 saturated carbocycles. The van der Waals surface area contributed by atoms with Gasteiger partial charge in [-0.25, -0.2) is 9.97 Å². The molecule has 0 fully saturated rings. The van der Waals surface area contributed by atoms with Crippen LogP contribution in [0.3, 0.4) is 0 Å². The molecule has 0 atom stereocenters. The lowest BCUT2D eigenvalue weighted by Gasteiger charge is -2.36. The third-order valence-corrected chi connectivity index (χ3v) is 13.5. The van der Waals surface area contributed by atoms with Gasteiger partial charge in [0.1, 0.15) is 0 Å².